The molecule has 6 rings (SSSR count). The van der Waals surface area contributed by atoms with Crippen LogP contribution in [0.15, 0.2) is 36.5 Å². The molecule has 0 radical (unpaired) electrons. The molecule has 0 saturated carbocycles. The second-order valence-electron chi connectivity index (χ2n) is 9.46. The minimum Gasteiger partial charge on any atom is -0.354 e. The second kappa shape index (κ2) is 8.41. The van der Waals surface area contributed by atoms with Gasteiger partial charge in [0.1, 0.15) is 11.6 Å². The highest BCUT2D eigenvalue weighted by Gasteiger charge is 2.39. The molecular formula is C25H29FN6O. The van der Waals surface area contributed by atoms with Gasteiger partial charge < -0.3 is 15.1 Å². The summed E-state index contributed by atoms with van der Waals surface area (Å²) in [7, 11) is 0. The molecule has 3 aliphatic heterocycles. The first kappa shape index (κ1) is 20.6. The normalized spacial score (nSPS) is 21.5. The summed E-state index contributed by atoms with van der Waals surface area (Å²) < 4.78 is 16.2. The lowest BCUT2D eigenvalue weighted by molar-refractivity contribution is -0.137. The fraction of sp³-hybridized carbons (Fsp3) is 0.480. The summed E-state index contributed by atoms with van der Waals surface area (Å²) in [6.07, 6.45) is 5.46. The first-order valence-electron chi connectivity index (χ1n) is 12.0. The van der Waals surface area contributed by atoms with Gasteiger partial charge >= 0.3 is 0 Å². The fourth-order valence-corrected chi connectivity index (χ4v) is 5.64. The highest BCUT2D eigenvalue weighted by Crippen LogP contribution is 2.34. The van der Waals surface area contributed by atoms with Crippen molar-refractivity contribution < 1.29 is 9.18 Å². The molecule has 8 heteroatoms. The van der Waals surface area contributed by atoms with Crippen LogP contribution in [0.4, 0.5) is 10.2 Å². The van der Waals surface area contributed by atoms with Crippen molar-refractivity contribution >= 4 is 17.4 Å². The molecule has 33 heavy (non-hydrogen) atoms. The Morgan fingerprint density at radius 2 is 1.94 bits per heavy atom. The molecular weight excluding hydrogens is 419 g/mol. The number of rotatable bonds is 3. The van der Waals surface area contributed by atoms with Gasteiger partial charge in [0.2, 0.25) is 5.91 Å². The molecule has 1 aromatic carbocycles. The lowest BCUT2D eigenvalue weighted by Gasteiger charge is -2.44. The van der Waals surface area contributed by atoms with E-state index < -0.39 is 0 Å². The number of carbonyl (C=O) groups is 1. The number of amides is 1. The Balaban J connectivity index is 1.19. The third-order valence-electron chi connectivity index (χ3n) is 7.39. The number of anilines is 1. The Kier molecular flexibility index (Phi) is 5.25. The van der Waals surface area contributed by atoms with Crippen LogP contribution < -0.4 is 10.2 Å². The number of likely N-dealkylation sites (tertiary alicyclic amines) is 1. The quantitative estimate of drug-likeness (QED) is 0.667. The number of benzene rings is 1. The minimum atomic E-state index is -0.164. The van der Waals surface area contributed by atoms with Crippen LogP contribution in [0.25, 0.3) is 5.65 Å². The zero-order valence-corrected chi connectivity index (χ0v) is 18.7. The predicted octanol–water partition coefficient (Wildman–Crippen LogP) is 2.40. The summed E-state index contributed by atoms with van der Waals surface area (Å²) in [6, 6.07) is 8.93. The summed E-state index contributed by atoms with van der Waals surface area (Å²) >= 11 is 0. The van der Waals surface area contributed by atoms with Gasteiger partial charge in [-0.15, -0.1) is 0 Å². The van der Waals surface area contributed by atoms with E-state index in [0.717, 1.165) is 68.0 Å². The Bertz CT molecular complexity index is 1190. The fourth-order valence-electron chi connectivity index (χ4n) is 5.64. The molecule has 1 N–H and O–H groups in total. The van der Waals surface area contributed by atoms with Gasteiger partial charge in [0, 0.05) is 56.7 Å². The van der Waals surface area contributed by atoms with Crippen molar-refractivity contribution in [2.24, 2.45) is 5.92 Å². The number of carbonyl (C=O) groups excluding carboxylic acids is 1. The number of hydrogen-bond donors (Lipinski definition) is 1. The highest BCUT2D eigenvalue weighted by atomic mass is 19.1. The molecule has 3 aromatic rings. The molecule has 3 aliphatic rings. The van der Waals surface area contributed by atoms with Gasteiger partial charge in [-0.05, 0) is 37.4 Å². The number of halogens is 1. The molecule has 2 saturated heterocycles. The van der Waals surface area contributed by atoms with Crippen molar-refractivity contribution in [3.8, 4) is 0 Å². The van der Waals surface area contributed by atoms with Gasteiger partial charge in [0.05, 0.1) is 17.8 Å². The number of aromatic nitrogens is 3. The van der Waals surface area contributed by atoms with Gasteiger partial charge in [-0.25, -0.2) is 9.37 Å². The molecule has 1 amide bonds. The third kappa shape index (κ3) is 3.66. The first-order valence-corrected chi connectivity index (χ1v) is 12.0. The zero-order valence-electron chi connectivity index (χ0n) is 18.7. The maximum Gasteiger partial charge on any atom is 0.229 e. The van der Waals surface area contributed by atoms with Crippen LogP contribution in [0.1, 0.15) is 35.6 Å². The minimum absolute atomic E-state index is 0.0253. The lowest BCUT2D eigenvalue weighted by atomic mass is 9.88. The maximum atomic E-state index is 14.3. The van der Waals surface area contributed by atoms with Crippen molar-refractivity contribution in [1.82, 2.24) is 24.8 Å². The number of fused-ring (bicyclic) bond motifs is 2. The molecule has 1 atom stereocenters. The van der Waals surface area contributed by atoms with Crippen LogP contribution in [0.3, 0.4) is 0 Å². The van der Waals surface area contributed by atoms with Crippen LogP contribution in [0.5, 0.6) is 0 Å². The monoisotopic (exact) mass is 448 g/mol. The first-order chi connectivity index (χ1) is 16.2. The summed E-state index contributed by atoms with van der Waals surface area (Å²) in [5.74, 6) is 1.18. The van der Waals surface area contributed by atoms with Gasteiger partial charge in [0.15, 0.2) is 5.65 Å². The number of hydrogen-bond acceptors (Lipinski definition) is 5. The van der Waals surface area contributed by atoms with E-state index in [4.69, 9.17) is 4.98 Å². The van der Waals surface area contributed by atoms with Gasteiger partial charge in [-0.1, -0.05) is 18.2 Å². The van der Waals surface area contributed by atoms with E-state index in [9.17, 15) is 9.18 Å². The Morgan fingerprint density at radius 1 is 1.09 bits per heavy atom. The van der Waals surface area contributed by atoms with Gasteiger partial charge in [-0.2, -0.15) is 9.61 Å². The number of piperidine rings is 1. The average molecular weight is 449 g/mol. The maximum absolute atomic E-state index is 14.3. The summed E-state index contributed by atoms with van der Waals surface area (Å²) in [4.78, 5) is 22.4. The van der Waals surface area contributed by atoms with Gasteiger partial charge in [-0.3, -0.25) is 4.79 Å². The summed E-state index contributed by atoms with van der Waals surface area (Å²) in [5, 5.41) is 7.99. The summed E-state index contributed by atoms with van der Waals surface area (Å²) in [5.41, 5.74) is 3.99. The van der Waals surface area contributed by atoms with E-state index in [1.54, 1.807) is 12.3 Å². The zero-order chi connectivity index (χ0) is 22.4. The average Bonchev–Trinajstić information content (AvgIpc) is 3.14. The predicted molar refractivity (Wildman–Crippen MR) is 124 cm³/mol. The van der Waals surface area contributed by atoms with E-state index >= 15 is 0 Å². The standard InChI is InChI=1S/C25H29FN6O/c26-21-6-2-1-5-19(21)17-4-3-13-30(14-17)25(33)18-15-31(16-18)24-20-7-10-27-11-8-22(20)29-23-9-12-28-32(23)24/h1-2,5-6,9,12,17-18,27H,3-4,7-8,10-11,13-16H2. The van der Waals surface area contributed by atoms with E-state index in [1.807, 2.05) is 27.6 Å². The van der Waals surface area contributed by atoms with Gasteiger partial charge in [0.25, 0.3) is 0 Å². The second-order valence-corrected chi connectivity index (χ2v) is 9.46. The molecule has 172 valence electrons. The van der Waals surface area contributed by atoms with Crippen LogP contribution in [0.2, 0.25) is 0 Å². The lowest BCUT2D eigenvalue weighted by Crippen LogP contribution is -2.56. The molecule has 1 unspecified atom stereocenters. The van der Waals surface area contributed by atoms with Crippen LogP contribution >= 0.6 is 0 Å². The van der Waals surface area contributed by atoms with E-state index in [2.05, 4.69) is 15.3 Å². The number of nitrogens with zero attached hydrogens (tertiary/aromatic N) is 5. The molecule has 2 aromatic heterocycles. The largest absolute Gasteiger partial charge is 0.354 e. The van der Waals surface area contributed by atoms with Crippen LogP contribution in [-0.4, -0.2) is 64.7 Å². The molecule has 7 nitrogen and oxygen atoms in total. The Morgan fingerprint density at radius 3 is 2.82 bits per heavy atom. The van der Waals surface area contributed by atoms with Crippen molar-refractivity contribution in [1.29, 1.82) is 0 Å². The Labute approximate surface area is 192 Å². The van der Waals surface area contributed by atoms with Crippen LogP contribution in [-0.2, 0) is 17.6 Å². The molecule has 0 bridgehead atoms. The Hall–Kier alpha value is -3.00. The summed E-state index contributed by atoms with van der Waals surface area (Å²) in [6.45, 7) is 4.62. The van der Waals surface area contributed by atoms with E-state index in [0.29, 0.717) is 19.6 Å². The van der Waals surface area contributed by atoms with Crippen LogP contribution in [0, 0.1) is 11.7 Å². The molecule has 2 fully saturated rings. The van der Waals surface area contributed by atoms with E-state index in [-0.39, 0.29) is 23.6 Å². The third-order valence-corrected chi connectivity index (χ3v) is 7.39. The highest BCUT2D eigenvalue weighted by molar-refractivity contribution is 5.82. The molecule has 0 spiro atoms. The van der Waals surface area contributed by atoms with E-state index in [1.165, 1.54) is 11.6 Å². The van der Waals surface area contributed by atoms with Crippen molar-refractivity contribution in [2.45, 2.75) is 31.6 Å². The van der Waals surface area contributed by atoms with Crippen molar-refractivity contribution in [3.63, 3.8) is 0 Å². The SMILES string of the molecule is O=C(C1CN(c2c3c(nc4ccnn24)CCNCC3)C1)N1CCCC(c2ccccc2F)C1. The molecule has 5 heterocycles. The number of nitrogens with one attached hydrogen (secondary N) is 1. The smallest absolute Gasteiger partial charge is 0.229 e. The topological polar surface area (TPSA) is 65.8 Å². The van der Waals surface area contributed by atoms with Crippen molar-refractivity contribution in [2.75, 3.05) is 44.2 Å². The van der Waals surface area contributed by atoms with Crippen molar-refractivity contribution in [3.05, 3.63) is 59.2 Å². The molecule has 0 aliphatic carbocycles.